The SMILES string of the molecule is CC1CC(=O)CC(C)C1C.CC1CC(O)CC(C)C1C. The van der Waals surface area contributed by atoms with Crippen molar-refractivity contribution in [3.05, 3.63) is 0 Å². The highest BCUT2D eigenvalue weighted by Crippen LogP contribution is 2.34. The molecule has 118 valence electrons. The average Bonchev–Trinajstić information content (AvgIpc) is 2.33. The zero-order chi connectivity index (χ0) is 15.4. The van der Waals surface area contributed by atoms with Crippen molar-refractivity contribution in [1.29, 1.82) is 0 Å². The molecule has 4 unspecified atom stereocenters. The molecule has 0 aliphatic heterocycles. The first kappa shape index (κ1) is 17.7. The third-order valence-electron chi connectivity index (χ3n) is 5.98. The van der Waals surface area contributed by atoms with Gasteiger partial charge >= 0.3 is 0 Å². The zero-order valence-corrected chi connectivity index (χ0v) is 14.2. The summed E-state index contributed by atoms with van der Waals surface area (Å²) in [5.74, 6) is 4.61. The summed E-state index contributed by atoms with van der Waals surface area (Å²) < 4.78 is 0. The lowest BCUT2D eigenvalue weighted by Crippen LogP contribution is -2.30. The number of Topliss-reactive ketones (excluding diaryl/α,β-unsaturated/α-hetero) is 1. The number of rotatable bonds is 0. The first-order valence-corrected chi connectivity index (χ1v) is 8.42. The molecule has 0 amide bonds. The van der Waals surface area contributed by atoms with Crippen LogP contribution in [-0.4, -0.2) is 17.0 Å². The molecule has 0 radical (unpaired) electrons. The van der Waals surface area contributed by atoms with Gasteiger partial charge in [0.25, 0.3) is 0 Å². The van der Waals surface area contributed by atoms with E-state index in [2.05, 4.69) is 41.5 Å². The van der Waals surface area contributed by atoms with Crippen LogP contribution < -0.4 is 0 Å². The summed E-state index contributed by atoms with van der Waals surface area (Å²) in [4.78, 5) is 11.0. The van der Waals surface area contributed by atoms with Crippen LogP contribution in [0.3, 0.4) is 0 Å². The Labute approximate surface area is 125 Å². The van der Waals surface area contributed by atoms with Crippen molar-refractivity contribution in [2.45, 2.75) is 73.3 Å². The minimum atomic E-state index is -0.0267. The normalized spacial score (nSPS) is 45.5. The van der Waals surface area contributed by atoms with Crippen LogP contribution in [0.15, 0.2) is 0 Å². The topological polar surface area (TPSA) is 37.3 Å². The monoisotopic (exact) mass is 282 g/mol. The van der Waals surface area contributed by atoms with Gasteiger partial charge in [0.05, 0.1) is 6.10 Å². The Kier molecular flexibility index (Phi) is 6.71. The quantitative estimate of drug-likeness (QED) is 0.719. The molecule has 4 atom stereocenters. The van der Waals surface area contributed by atoms with Gasteiger partial charge in [-0.05, 0) is 48.3 Å². The highest BCUT2D eigenvalue weighted by molar-refractivity contribution is 5.79. The molecule has 20 heavy (non-hydrogen) atoms. The second kappa shape index (κ2) is 7.59. The average molecular weight is 282 g/mol. The van der Waals surface area contributed by atoms with Gasteiger partial charge in [-0.25, -0.2) is 0 Å². The van der Waals surface area contributed by atoms with Gasteiger partial charge in [-0.15, -0.1) is 0 Å². The predicted octanol–water partition coefficient (Wildman–Crippen LogP) is 4.31. The van der Waals surface area contributed by atoms with Gasteiger partial charge in [0.1, 0.15) is 5.78 Å². The lowest BCUT2D eigenvalue weighted by Gasteiger charge is -2.34. The number of hydrogen-bond acceptors (Lipinski definition) is 2. The van der Waals surface area contributed by atoms with Crippen LogP contribution in [-0.2, 0) is 4.79 Å². The number of ketones is 1. The van der Waals surface area contributed by atoms with E-state index in [0.717, 1.165) is 37.5 Å². The van der Waals surface area contributed by atoms with E-state index < -0.39 is 0 Å². The van der Waals surface area contributed by atoms with Crippen LogP contribution >= 0.6 is 0 Å². The molecule has 2 aliphatic rings. The smallest absolute Gasteiger partial charge is 0.133 e. The Morgan fingerprint density at radius 2 is 1.10 bits per heavy atom. The van der Waals surface area contributed by atoms with Gasteiger partial charge in [-0.3, -0.25) is 4.79 Å². The van der Waals surface area contributed by atoms with Crippen molar-refractivity contribution in [1.82, 2.24) is 0 Å². The van der Waals surface area contributed by atoms with E-state index in [4.69, 9.17) is 0 Å². The van der Waals surface area contributed by atoms with E-state index in [0.29, 0.717) is 29.5 Å². The lowest BCUT2D eigenvalue weighted by molar-refractivity contribution is -0.123. The van der Waals surface area contributed by atoms with Crippen LogP contribution in [0.5, 0.6) is 0 Å². The highest BCUT2D eigenvalue weighted by Gasteiger charge is 2.29. The van der Waals surface area contributed by atoms with E-state index >= 15 is 0 Å². The summed E-state index contributed by atoms with van der Waals surface area (Å²) in [6.07, 6.45) is 3.61. The van der Waals surface area contributed by atoms with Crippen molar-refractivity contribution >= 4 is 5.78 Å². The molecule has 0 aromatic carbocycles. The molecule has 2 heteroatoms. The second-order valence-corrected chi connectivity index (χ2v) is 7.70. The van der Waals surface area contributed by atoms with Crippen molar-refractivity contribution in [2.75, 3.05) is 0 Å². The maximum Gasteiger partial charge on any atom is 0.133 e. The Hall–Kier alpha value is -0.370. The van der Waals surface area contributed by atoms with Crippen LogP contribution in [0.4, 0.5) is 0 Å². The summed E-state index contributed by atoms with van der Waals surface area (Å²) in [5.41, 5.74) is 0. The molecule has 0 aromatic heterocycles. The molecule has 2 nitrogen and oxygen atoms in total. The molecule has 0 spiro atoms. The largest absolute Gasteiger partial charge is 0.393 e. The van der Waals surface area contributed by atoms with Crippen LogP contribution in [0, 0.1) is 35.5 Å². The number of carbonyl (C=O) groups is 1. The van der Waals surface area contributed by atoms with Crippen LogP contribution in [0.1, 0.15) is 67.2 Å². The van der Waals surface area contributed by atoms with Crippen molar-refractivity contribution in [2.24, 2.45) is 35.5 Å². The summed E-state index contributed by atoms with van der Waals surface area (Å²) in [7, 11) is 0. The van der Waals surface area contributed by atoms with Gasteiger partial charge in [-0.2, -0.15) is 0 Å². The Balaban J connectivity index is 0.000000200. The molecule has 2 aliphatic carbocycles. The third kappa shape index (κ3) is 4.87. The minimum absolute atomic E-state index is 0.0267. The van der Waals surface area contributed by atoms with E-state index in [-0.39, 0.29) is 6.10 Å². The van der Waals surface area contributed by atoms with Crippen molar-refractivity contribution < 1.29 is 9.90 Å². The van der Waals surface area contributed by atoms with Gasteiger partial charge in [0.2, 0.25) is 0 Å². The highest BCUT2D eigenvalue weighted by atomic mass is 16.3. The fourth-order valence-electron chi connectivity index (χ4n) is 3.68. The zero-order valence-electron chi connectivity index (χ0n) is 14.2. The Morgan fingerprint density at radius 1 is 0.750 bits per heavy atom. The molecule has 0 bridgehead atoms. The Bertz CT molecular complexity index is 287. The molecular weight excluding hydrogens is 248 g/mol. The number of hydrogen-bond donors (Lipinski definition) is 1. The van der Waals surface area contributed by atoms with Gasteiger partial charge in [0.15, 0.2) is 0 Å². The molecule has 2 fully saturated rings. The third-order valence-corrected chi connectivity index (χ3v) is 5.98. The Morgan fingerprint density at radius 3 is 1.50 bits per heavy atom. The maximum atomic E-state index is 11.0. The number of carbonyl (C=O) groups excluding carboxylic acids is 1. The van der Waals surface area contributed by atoms with Crippen molar-refractivity contribution in [3.8, 4) is 0 Å². The molecule has 0 saturated heterocycles. The maximum absolute atomic E-state index is 11.0. The summed E-state index contributed by atoms with van der Waals surface area (Å²) in [6, 6.07) is 0. The van der Waals surface area contributed by atoms with Crippen LogP contribution in [0.25, 0.3) is 0 Å². The van der Waals surface area contributed by atoms with E-state index in [9.17, 15) is 9.90 Å². The molecule has 1 N–H and O–H groups in total. The first-order chi connectivity index (χ1) is 9.22. The lowest BCUT2D eigenvalue weighted by atomic mass is 9.73. The summed E-state index contributed by atoms with van der Waals surface area (Å²) in [5, 5.41) is 9.37. The summed E-state index contributed by atoms with van der Waals surface area (Å²) >= 11 is 0. The van der Waals surface area contributed by atoms with E-state index in [1.165, 1.54) is 0 Å². The van der Waals surface area contributed by atoms with Crippen LogP contribution in [0.2, 0.25) is 0 Å². The number of aliphatic hydroxyl groups excluding tert-OH is 1. The van der Waals surface area contributed by atoms with E-state index in [1.54, 1.807) is 0 Å². The fourth-order valence-corrected chi connectivity index (χ4v) is 3.68. The van der Waals surface area contributed by atoms with Gasteiger partial charge in [-0.1, -0.05) is 41.5 Å². The van der Waals surface area contributed by atoms with Crippen molar-refractivity contribution in [3.63, 3.8) is 0 Å². The minimum Gasteiger partial charge on any atom is -0.393 e. The molecule has 2 saturated carbocycles. The first-order valence-electron chi connectivity index (χ1n) is 8.42. The standard InChI is InChI=1S/C9H18O.C9H16O/c2*1-6-4-9(10)5-7(2)8(6)3/h6-10H,4-5H2,1-3H3;6-8H,4-5H2,1-3H3. The molecular formula is C18H34O2. The predicted molar refractivity (Wildman–Crippen MR) is 84.5 cm³/mol. The van der Waals surface area contributed by atoms with E-state index in [1.807, 2.05) is 0 Å². The number of aliphatic hydroxyl groups is 1. The molecule has 0 heterocycles. The molecule has 2 rings (SSSR count). The second-order valence-electron chi connectivity index (χ2n) is 7.70. The molecule has 0 aromatic rings. The van der Waals surface area contributed by atoms with Gasteiger partial charge in [0, 0.05) is 12.8 Å². The fraction of sp³-hybridized carbons (Fsp3) is 0.944. The van der Waals surface area contributed by atoms with Gasteiger partial charge < -0.3 is 5.11 Å². The summed E-state index contributed by atoms with van der Waals surface area (Å²) in [6.45, 7) is 13.4.